The summed E-state index contributed by atoms with van der Waals surface area (Å²) in [5.41, 5.74) is 1.02. The summed E-state index contributed by atoms with van der Waals surface area (Å²) in [5.74, 6) is -0.372. The van der Waals surface area contributed by atoms with Crippen LogP contribution in [0.2, 0.25) is 0 Å². The molecule has 0 aliphatic rings. The van der Waals surface area contributed by atoms with Crippen LogP contribution in [-0.4, -0.2) is 4.92 Å². The maximum atomic E-state index is 13.7. The molecule has 2 rings (SSSR count). The second-order valence-corrected chi connectivity index (χ2v) is 4.60. The Hall–Kier alpha value is -1.95. The van der Waals surface area contributed by atoms with E-state index in [4.69, 9.17) is 4.74 Å². The predicted octanol–water partition coefficient (Wildman–Crippen LogP) is 4.21. The third kappa shape index (κ3) is 3.14. The number of nitro groups is 1. The zero-order chi connectivity index (χ0) is 14.5. The Morgan fingerprint density at radius 3 is 2.55 bits per heavy atom. The number of hydrogen-bond acceptors (Lipinski definition) is 3. The molecular formula is C14H11BrFNO3. The Labute approximate surface area is 123 Å². The van der Waals surface area contributed by atoms with Crippen molar-refractivity contribution in [3.05, 3.63) is 69.5 Å². The van der Waals surface area contributed by atoms with E-state index in [9.17, 15) is 14.5 Å². The molecule has 0 fully saturated rings. The maximum absolute atomic E-state index is 13.7. The van der Waals surface area contributed by atoms with Crippen molar-refractivity contribution in [3.8, 4) is 5.75 Å². The van der Waals surface area contributed by atoms with Crippen molar-refractivity contribution >= 4 is 21.6 Å². The van der Waals surface area contributed by atoms with Gasteiger partial charge in [0, 0.05) is 17.0 Å². The third-order valence-electron chi connectivity index (χ3n) is 2.75. The van der Waals surface area contributed by atoms with Crippen molar-refractivity contribution in [2.45, 2.75) is 11.9 Å². The number of rotatable bonds is 5. The highest BCUT2D eigenvalue weighted by atomic mass is 79.9. The topological polar surface area (TPSA) is 52.4 Å². The zero-order valence-corrected chi connectivity index (χ0v) is 12.0. The number of para-hydroxylation sites is 2. The second kappa shape index (κ2) is 6.47. The first-order valence-corrected chi connectivity index (χ1v) is 6.94. The number of halogens is 2. The van der Waals surface area contributed by atoms with Crippen LogP contribution in [0.25, 0.3) is 0 Å². The Morgan fingerprint density at radius 2 is 1.85 bits per heavy atom. The van der Waals surface area contributed by atoms with Crippen LogP contribution in [0, 0.1) is 15.9 Å². The van der Waals surface area contributed by atoms with Gasteiger partial charge >= 0.3 is 0 Å². The molecule has 0 bridgehead atoms. The van der Waals surface area contributed by atoms with E-state index in [1.54, 1.807) is 30.3 Å². The number of nitrogens with zero attached hydrogens (tertiary/aromatic N) is 1. The molecule has 20 heavy (non-hydrogen) atoms. The van der Waals surface area contributed by atoms with Gasteiger partial charge < -0.3 is 4.74 Å². The number of hydrogen-bond donors (Lipinski definition) is 0. The van der Waals surface area contributed by atoms with Gasteiger partial charge in [-0.15, -0.1) is 0 Å². The lowest BCUT2D eigenvalue weighted by molar-refractivity contribution is -0.385. The first-order chi connectivity index (χ1) is 9.63. The molecule has 2 aromatic rings. The highest BCUT2D eigenvalue weighted by Gasteiger charge is 2.15. The van der Waals surface area contributed by atoms with Crippen molar-refractivity contribution in [2.75, 3.05) is 0 Å². The SMILES string of the molecule is O=[N+]([O-])c1ccccc1COc1c(F)cccc1CBr. The van der Waals surface area contributed by atoms with Gasteiger partial charge in [-0.3, -0.25) is 10.1 Å². The standard InChI is InChI=1S/C14H11BrFNO3/c15-8-10-5-3-6-12(16)14(10)20-9-11-4-1-2-7-13(11)17(18)19/h1-7H,8-9H2. The molecule has 0 amide bonds. The van der Waals surface area contributed by atoms with Crippen LogP contribution in [0.4, 0.5) is 10.1 Å². The molecule has 6 heteroatoms. The minimum Gasteiger partial charge on any atom is -0.485 e. The van der Waals surface area contributed by atoms with Gasteiger partial charge in [0.1, 0.15) is 6.61 Å². The van der Waals surface area contributed by atoms with Crippen LogP contribution in [0.15, 0.2) is 42.5 Å². The Morgan fingerprint density at radius 1 is 1.15 bits per heavy atom. The van der Waals surface area contributed by atoms with E-state index >= 15 is 0 Å². The van der Waals surface area contributed by atoms with E-state index in [2.05, 4.69) is 15.9 Å². The van der Waals surface area contributed by atoms with Crippen LogP contribution in [-0.2, 0) is 11.9 Å². The van der Waals surface area contributed by atoms with Crippen LogP contribution < -0.4 is 4.74 Å². The molecule has 0 radical (unpaired) electrons. The van der Waals surface area contributed by atoms with Gasteiger partial charge in [-0.1, -0.05) is 40.2 Å². The molecule has 0 aliphatic carbocycles. The second-order valence-electron chi connectivity index (χ2n) is 4.04. The summed E-state index contributed by atoms with van der Waals surface area (Å²) in [4.78, 5) is 10.4. The molecule has 0 N–H and O–H groups in total. The normalized spacial score (nSPS) is 10.3. The Bertz CT molecular complexity index is 634. The fourth-order valence-corrected chi connectivity index (χ4v) is 2.22. The Balaban J connectivity index is 2.24. The summed E-state index contributed by atoms with van der Waals surface area (Å²) in [6, 6.07) is 10.8. The number of ether oxygens (including phenoxy) is 1. The quantitative estimate of drug-likeness (QED) is 0.465. The number of benzene rings is 2. The molecule has 0 aromatic heterocycles. The first kappa shape index (κ1) is 14.5. The molecule has 0 spiro atoms. The maximum Gasteiger partial charge on any atom is 0.276 e. The zero-order valence-electron chi connectivity index (χ0n) is 10.4. The summed E-state index contributed by atoms with van der Waals surface area (Å²) < 4.78 is 19.1. The molecule has 0 unspecified atom stereocenters. The lowest BCUT2D eigenvalue weighted by Crippen LogP contribution is -2.03. The van der Waals surface area contributed by atoms with Crippen LogP contribution in [0.5, 0.6) is 5.75 Å². The summed E-state index contributed by atoms with van der Waals surface area (Å²) in [5, 5.41) is 11.3. The van der Waals surface area contributed by atoms with Crippen LogP contribution in [0.3, 0.4) is 0 Å². The van der Waals surface area contributed by atoms with E-state index in [1.807, 2.05) is 0 Å². The lowest BCUT2D eigenvalue weighted by Gasteiger charge is -2.11. The van der Waals surface area contributed by atoms with Crippen LogP contribution in [0.1, 0.15) is 11.1 Å². The van der Waals surface area contributed by atoms with Gasteiger partial charge in [-0.2, -0.15) is 0 Å². The minimum absolute atomic E-state index is 0.0377. The molecule has 0 aliphatic heterocycles. The largest absolute Gasteiger partial charge is 0.485 e. The average molecular weight is 340 g/mol. The average Bonchev–Trinajstić information content (AvgIpc) is 2.46. The van der Waals surface area contributed by atoms with Crippen molar-refractivity contribution in [2.24, 2.45) is 0 Å². The molecular weight excluding hydrogens is 329 g/mol. The van der Waals surface area contributed by atoms with Gasteiger partial charge in [-0.05, 0) is 12.1 Å². The summed E-state index contributed by atoms with van der Waals surface area (Å²) in [7, 11) is 0. The van der Waals surface area contributed by atoms with E-state index in [0.717, 1.165) is 0 Å². The van der Waals surface area contributed by atoms with Crippen molar-refractivity contribution in [1.29, 1.82) is 0 Å². The van der Waals surface area contributed by atoms with Gasteiger partial charge in [-0.25, -0.2) is 4.39 Å². The minimum atomic E-state index is -0.486. The van der Waals surface area contributed by atoms with Crippen molar-refractivity contribution < 1.29 is 14.1 Å². The highest BCUT2D eigenvalue weighted by molar-refractivity contribution is 9.08. The predicted molar refractivity (Wildman–Crippen MR) is 76.5 cm³/mol. The number of nitro benzene ring substituents is 1. The molecule has 0 atom stereocenters. The highest BCUT2D eigenvalue weighted by Crippen LogP contribution is 2.27. The fraction of sp³-hybridized carbons (Fsp3) is 0.143. The first-order valence-electron chi connectivity index (χ1n) is 5.82. The third-order valence-corrected chi connectivity index (χ3v) is 3.36. The lowest BCUT2D eigenvalue weighted by atomic mass is 10.2. The summed E-state index contributed by atoms with van der Waals surface area (Å²) in [6.45, 7) is -0.0575. The van der Waals surface area contributed by atoms with Crippen LogP contribution >= 0.6 is 15.9 Å². The molecule has 104 valence electrons. The Kier molecular flexibility index (Phi) is 4.68. The molecule has 0 saturated heterocycles. The molecule has 4 nitrogen and oxygen atoms in total. The van der Waals surface area contributed by atoms with Gasteiger partial charge in [0.15, 0.2) is 11.6 Å². The van der Waals surface area contributed by atoms with Gasteiger partial charge in [0.05, 0.1) is 10.5 Å². The van der Waals surface area contributed by atoms with E-state index in [0.29, 0.717) is 16.5 Å². The van der Waals surface area contributed by atoms with Crippen molar-refractivity contribution in [1.82, 2.24) is 0 Å². The van der Waals surface area contributed by atoms with E-state index in [-0.39, 0.29) is 18.0 Å². The summed E-state index contributed by atoms with van der Waals surface area (Å²) in [6.07, 6.45) is 0. The molecule has 2 aromatic carbocycles. The van der Waals surface area contributed by atoms with Gasteiger partial charge in [0.25, 0.3) is 5.69 Å². The smallest absolute Gasteiger partial charge is 0.276 e. The molecule has 0 heterocycles. The van der Waals surface area contributed by atoms with E-state index < -0.39 is 10.7 Å². The monoisotopic (exact) mass is 339 g/mol. The van der Waals surface area contributed by atoms with E-state index in [1.165, 1.54) is 12.1 Å². The fourth-order valence-electron chi connectivity index (χ4n) is 1.78. The van der Waals surface area contributed by atoms with Crippen molar-refractivity contribution in [3.63, 3.8) is 0 Å². The summed E-state index contributed by atoms with van der Waals surface area (Å²) >= 11 is 3.25. The molecule has 0 saturated carbocycles. The number of alkyl halides is 1. The van der Waals surface area contributed by atoms with Gasteiger partial charge in [0.2, 0.25) is 0 Å².